The Balaban J connectivity index is 1.94. The van der Waals surface area contributed by atoms with Crippen LogP contribution in [0.4, 0.5) is 0 Å². The lowest BCUT2D eigenvalue weighted by Crippen LogP contribution is -2.01. The highest BCUT2D eigenvalue weighted by atomic mass is 35.5. The van der Waals surface area contributed by atoms with Gasteiger partial charge in [0.15, 0.2) is 0 Å². The lowest BCUT2D eigenvalue weighted by atomic mass is 10.2. The molecule has 4 nitrogen and oxygen atoms in total. The van der Waals surface area contributed by atoms with Crippen LogP contribution in [-0.4, -0.2) is 22.7 Å². The Kier molecular flexibility index (Phi) is 4.62. The monoisotopic (exact) mass is 311 g/mol. The lowest BCUT2D eigenvalue weighted by Gasteiger charge is -2.06. The van der Waals surface area contributed by atoms with Crippen molar-refractivity contribution in [3.63, 3.8) is 0 Å². The van der Waals surface area contributed by atoms with Crippen molar-refractivity contribution in [3.05, 3.63) is 44.4 Å². The van der Waals surface area contributed by atoms with Crippen LogP contribution in [0.3, 0.4) is 0 Å². The number of carboxylic acids is 1. The molecule has 0 saturated heterocycles. The van der Waals surface area contributed by atoms with Crippen LogP contribution in [-0.2, 0) is 6.42 Å². The molecule has 0 aliphatic heterocycles. The number of aromatic nitrogens is 1. The Bertz CT molecular complexity index is 639. The van der Waals surface area contributed by atoms with Gasteiger partial charge in [-0.15, -0.1) is 11.3 Å². The van der Waals surface area contributed by atoms with E-state index in [1.54, 1.807) is 13.0 Å². The average molecular weight is 312 g/mol. The van der Waals surface area contributed by atoms with Crippen molar-refractivity contribution in [1.82, 2.24) is 4.98 Å². The molecule has 0 radical (unpaired) electrons. The minimum Gasteiger partial charge on any atom is -0.493 e. The van der Waals surface area contributed by atoms with Crippen LogP contribution in [0.25, 0.3) is 0 Å². The van der Waals surface area contributed by atoms with Gasteiger partial charge in [0, 0.05) is 11.4 Å². The molecule has 0 aliphatic rings. The van der Waals surface area contributed by atoms with Crippen LogP contribution < -0.4 is 4.74 Å². The molecule has 1 aromatic heterocycles. The number of hydrogen-bond donors (Lipinski definition) is 1. The standard InChI is InChI=1S/C14H14ClNO3S/c1-8-7-10(3-4-11(8)15)19-6-5-12-16-9(2)13(20-12)14(17)18/h3-4,7H,5-6H2,1-2H3,(H,17,18). The van der Waals surface area contributed by atoms with E-state index in [2.05, 4.69) is 4.98 Å². The summed E-state index contributed by atoms with van der Waals surface area (Å²) in [5, 5.41) is 10.4. The van der Waals surface area contributed by atoms with Gasteiger partial charge in [0.05, 0.1) is 17.3 Å². The topological polar surface area (TPSA) is 59.4 Å². The van der Waals surface area contributed by atoms with Crippen LogP contribution in [0, 0.1) is 13.8 Å². The Morgan fingerprint density at radius 3 is 2.80 bits per heavy atom. The number of carboxylic acid groups (broad SMARTS) is 1. The number of rotatable bonds is 5. The zero-order valence-electron chi connectivity index (χ0n) is 11.1. The van der Waals surface area contributed by atoms with Crippen LogP contribution in [0.5, 0.6) is 5.75 Å². The molecule has 0 amide bonds. The predicted octanol–water partition coefficient (Wildman–Crippen LogP) is 3.73. The van der Waals surface area contributed by atoms with Gasteiger partial charge in [-0.1, -0.05) is 11.6 Å². The maximum absolute atomic E-state index is 10.9. The van der Waals surface area contributed by atoms with E-state index in [0.717, 1.165) is 16.3 Å². The number of halogens is 1. The number of benzene rings is 1. The Morgan fingerprint density at radius 1 is 1.45 bits per heavy atom. The van der Waals surface area contributed by atoms with E-state index in [1.807, 2.05) is 19.1 Å². The molecule has 20 heavy (non-hydrogen) atoms. The van der Waals surface area contributed by atoms with E-state index in [4.69, 9.17) is 21.4 Å². The van der Waals surface area contributed by atoms with E-state index in [0.29, 0.717) is 28.6 Å². The molecule has 0 fully saturated rings. The van der Waals surface area contributed by atoms with E-state index < -0.39 is 5.97 Å². The highest BCUT2D eigenvalue weighted by molar-refractivity contribution is 7.13. The van der Waals surface area contributed by atoms with Gasteiger partial charge in [0.1, 0.15) is 10.6 Å². The molecule has 2 aromatic rings. The number of thiazole rings is 1. The molecule has 0 spiro atoms. The molecule has 0 saturated carbocycles. The third kappa shape index (κ3) is 3.49. The first-order valence-electron chi connectivity index (χ1n) is 6.06. The molecule has 0 aliphatic carbocycles. The van der Waals surface area contributed by atoms with Crippen molar-refractivity contribution in [2.24, 2.45) is 0 Å². The van der Waals surface area contributed by atoms with E-state index >= 15 is 0 Å². The second kappa shape index (κ2) is 6.24. The lowest BCUT2D eigenvalue weighted by molar-refractivity contribution is 0.0701. The predicted molar refractivity (Wildman–Crippen MR) is 79.2 cm³/mol. The van der Waals surface area contributed by atoms with Crippen LogP contribution >= 0.6 is 22.9 Å². The van der Waals surface area contributed by atoms with Gasteiger partial charge in [-0.3, -0.25) is 0 Å². The van der Waals surface area contributed by atoms with Crippen molar-refractivity contribution in [3.8, 4) is 5.75 Å². The molecule has 0 atom stereocenters. The smallest absolute Gasteiger partial charge is 0.347 e. The molecule has 2 rings (SSSR count). The summed E-state index contributed by atoms with van der Waals surface area (Å²) in [5.41, 5.74) is 1.52. The quantitative estimate of drug-likeness (QED) is 0.914. The summed E-state index contributed by atoms with van der Waals surface area (Å²) in [5.74, 6) is -0.181. The van der Waals surface area contributed by atoms with Crippen LogP contribution in [0.15, 0.2) is 18.2 Å². The number of carbonyl (C=O) groups is 1. The number of aromatic carboxylic acids is 1. The number of nitrogens with zero attached hydrogens (tertiary/aromatic N) is 1. The van der Waals surface area contributed by atoms with Crippen molar-refractivity contribution in [2.45, 2.75) is 20.3 Å². The normalized spacial score (nSPS) is 10.6. The summed E-state index contributed by atoms with van der Waals surface area (Å²) in [7, 11) is 0. The van der Waals surface area contributed by atoms with Gasteiger partial charge in [-0.25, -0.2) is 9.78 Å². The summed E-state index contributed by atoms with van der Waals surface area (Å²) in [4.78, 5) is 15.5. The second-order valence-electron chi connectivity index (χ2n) is 4.34. The Hall–Kier alpha value is -1.59. The molecular weight excluding hydrogens is 298 g/mol. The molecule has 0 bridgehead atoms. The molecule has 1 N–H and O–H groups in total. The van der Waals surface area contributed by atoms with E-state index in [-0.39, 0.29) is 0 Å². The summed E-state index contributed by atoms with van der Waals surface area (Å²) in [6.45, 7) is 4.07. The van der Waals surface area contributed by atoms with Gasteiger partial charge >= 0.3 is 5.97 Å². The van der Waals surface area contributed by atoms with Gasteiger partial charge in [0.25, 0.3) is 0 Å². The Labute approximate surface area is 126 Å². The first-order chi connectivity index (χ1) is 9.47. The van der Waals surface area contributed by atoms with Crippen LogP contribution in [0.2, 0.25) is 5.02 Å². The average Bonchev–Trinajstić information content (AvgIpc) is 2.75. The number of aryl methyl sites for hydroxylation is 2. The van der Waals surface area contributed by atoms with Crippen LogP contribution in [0.1, 0.15) is 25.9 Å². The van der Waals surface area contributed by atoms with E-state index in [1.165, 1.54) is 11.3 Å². The summed E-state index contributed by atoms with van der Waals surface area (Å²) >= 11 is 7.14. The van der Waals surface area contributed by atoms with Crippen molar-refractivity contribution in [2.75, 3.05) is 6.61 Å². The van der Waals surface area contributed by atoms with Gasteiger partial charge in [-0.2, -0.15) is 0 Å². The zero-order valence-corrected chi connectivity index (χ0v) is 12.7. The molecule has 0 unspecified atom stereocenters. The second-order valence-corrected chi connectivity index (χ2v) is 5.83. The van der Waals surface area contributed by atoms with E-state index in [9.17, 15) is 4.79 Å². The Morgan fingerprint density at radius 2 is 2.20 bits per heavy atom. The first-order valence-corrected chi connectivity index (χ1v) is 7.25. The first kappa shape index (κ1) is 14.8. The molecular formula is C14H14ClNO3S. The fraction of sp³-hybridized carbons (Fsp3) is 0.286. The van der Waals surface area contributed by atoms with Crippen molar-refractivity contribution >= 4 is 28.9 Å². The zero-order chi connectivity index (χ0) is 14.7. The summed E-state index contributed by atoms with van der Waals surface area (Å²) in [6, 6.07) is 5.48. The third-order valence-electron chi connectivity index (χ3n) is 2.75. The van der Waals surface area contributed by atoms with Crippen molar-refractivity contribution in [1.29, 1.82) is 0 Å². The third-order valence-corrected chi connectivity index (χ3v) is 4.38. The largest absolute Gasteiger partial charge is 0.493 e. The maximum Gasteiger partial charge on any atom is 0.347 e. The molecule has 6 heteroatoms. The molecule has 1 heterocycles. The fourth-order valence-corrected chi connectivity index (χ4v) is 2.72. The summed E-state index contributed by atoms with van der Waals surface area (Å²) < 4.78 is 5.62. The van der Waals surface area contributed by atoms with Gasteiger partial charge in [0.2, 0.25) is 0 Å². The minimum absolute atomic E-state index is 0.294. The van der Waals surface area contributed by atoms with Crippen molar-refractivity contribution < 1.29 is 14.6 Å². The fourth-order valence-electron chi connectivity index (χ4n) is 1.72. The highest BCUT2D eigenvalue weighted by Crippen LogP contribution is 2.22. The van der Waals surface area contributed by atoms with Gasteiger partial charge in [-0.05, 0) is 37.6 Å². The molecule has 1 aromatic carbocycles. The van der Waals surface area contributed by atoms with Gasteiger partial charge < -0.3 is 9.84 Å². The molecule has 106 valence electrons. The maximum atomic E-state index is 10.9. The highest BCUT2D eigenvalue weighted by Gasteiger charge is 2.13. The summed E-state index contributed by atoms with van der Waals surface area (Å²) in [6.07, 6.45) is 0.584. The number of ether oxygens (including phenoxy) is 1. The number of hydrogen-bond acceptors (Lipinski definition) is 4. The minimum atomic E-state index is -0.930. The SMILES string of the molecule is Cc1cc(OCCc2nc(C)c(C(=O)O)s2)ccc1Cl.